The van der Waals surface area contributed by atoms with E-state index >= 15 is 0 Å². The van der Waals surface area contributed by atoms with Crippen LogP contribution < -0.4 is 4.74 Å². The smallest absolute Gasteiger partial charge is 0.309 e. The van der Waals surface area contributed by atoms with Crippen LogP contribution in [0.4, 0.5) is 8.78 Å². The van der Waals surface area contributed by atoms with E-state index in [1.165, 1.54) is 17.2 Å². The molecule has 1 aliphatic rings. The van der Waals surface area contributed by atoms with E-state index in [0.717, 1.165) is 35.9 Å². The van der Waals surface area contributed by atoms with Crippen LogP contribution >= 0.6 is 0 Å². The lowest BCUT2D eigenvalue weighted by atomic mass is 9.87. The van der Waals surface area contributed by atoms with E-state index in [1.54, 1.807) is 6.07 Å². The van der Waals surface area contributed by atoms with Gasteiger partial charge in [-0.2, -0.15) is 0 Å². The number of likely N-dealkylation sites (tertiary alicyclic amines) is 1. The van der Waals surface area contributed by atoms with Crippen LogP contribution in [-0.2, 0) is 17.8 Å². The lowest BCUT2D eigenvalue weighted by Crippen LogP contribution is -2.49. The Kier molecular flexibility index (Phi) is 8.36. The van der Waals surface area contributed by atoms with E-state index in [9.17, 15) is 13.6 Å². The maximum absolute atomic E-state index is 14.6. The molecular formula is C30H33F2NO3. The highest BCUT2D eigenvalue weighted by Crippen LogP contribution is 2.29. The fraction of sp³-hybridized carbons (Fsp3) is 0.367. The summed E-state index contributed by atoms with van der Waals surface area (Å²) >= 11 is 0. The van der Waals surface area contributed by atoms with Crippen LogP contribution in [0.25, 0.3) is 0 Å². The van der Waals surface area contributed by atoms with Crippen molar-refractivity contribution < 1.29 is 23.4 Å². The van der Waals surface area contributed by atoms with Gasteiger partial charge in [-0.15, -0.1) is 0 Å². The molecule has 0 amide bonds. The van der Waals surface area contributed by atoms with Gasteiger partial charge in [0.05, 0.1) is 12.5 Å². The van der Waals surface area contributed by atoms with E-state index in [-0.39, 0.29) is 11.8 Å². The van der Waals surface area contributed by atoms with Crippen molar-refractivity contribution in [2.24, 2.45) is 5.92 Å². The Bertz CT molecular complexity index is 1190. The third-order valence-electron chi connectivity index (χ3n) is 7.06. The topological polar surface area (TPSA) is 49.8 Å². The van der Waals surface area contributed by atoms with Crippen LogP contribution in [0.15, 0.2) is 60.7 Å². The second-order valence-electron chi connectivity index (χ2n) is 9.85. The molecule has 4 nitrogen and oxygen atoms in total. The molecule has 3 aromatic carbocycles. The van der Waals surface area contributed by atoms with Crippen molar-refractivity contribution >= 4 is 5.97 Å². The fourth-order valence-electron chi connectivity index (χ4n) is 4.74. The normalized spacial score (nSPS) is 14.9. The molecule has 4 rings (SSSR count). The summed E-state index contributed by atoms with van der Waals surface area (Å²) in [5.74, 6) is -1.36. The van der Waals surface area contributed by atoms with Crippen LogP contribution in [0.5, 0.6) is 5.75 Å². The Morgan fingerprint density at radius 3 is 2.39 bits per heavy atom. The highest BCUT2D eigenvalue weighted by Gasteiger charge is 2.32. The van der Waals surface area contributed by atoms with E-state index in [0.29, 0.717) is 38.1 Å². The van der Waals surface area contributed by atoms with Gasteiger partial charge in [-0.05, 0) is 85.0 Å². The Labute approximate surface area is 211 Å². The molecule has 0 saturated carbocycles. The summed E-state index contributed by atoms with van der Waals surface area (Å²) < 4.78 is 34.1. The molecule has 36 heavy (non-hydrogen) atoms. The number of aliphatic carboxylic acids is 1. The van der Waals surface area contributed by atoms with Crippen molar-refractivity contribution in [3.8, 4) is 5.75 Å². The van der Waals surface area contributed by atoms with E-state index in [2.05, 4.69) is 36.9 Å². The van der Waals surface area contributed by atoms with Crippen LogP contribution in [-0.4, -0.2) is 35.7 Å². The van der Waals surface area contributed by atoms with Gasteiger partial charge in [0.25, 0.3) is 0 Å². The summed E-state index contributed by atoms with van der Waals surface area (Å²) in [5, 5.41) is 9.00. The molecule has 1 unspecified atom stereocenters. The van der Waals surface area contributed by atoms with Crippen LogP contribution in [0.1, 0.15) is 46.6 Å². The average Bonchev–Trinajstić information content (AvgIpc) is 2.81. The SMILES string of the molecule is Cc1ccc(CC(CCCOc2ccc(CN3CC(C(=O)O)C3)cc2)c2ccc(F)cc2F)cc1C. The quantitative estimate of drug-likeness (QED) is 0.319. The molecule has 1 atom stereocenters. The molecule has 1 aliphatic heterocycles. The maximum Gasteiger partial charge on any atom is 0.309 e. The summed E-state index contributed by atoms with van der Waals surface area (Å²) in [6.07, 6.45) is 2.13. The van der Waals surface area contributed by atoms with Gasteiger partial charge in [0.2, 0.25) is 0 Å². The molecular weight excluding hydrogens is 460 g/mol. The van der Waals surface area contributed by atoms with E-state index < -0.39 is 17.6 Å². The van der Waals surface area contributed by atoms with Crippen LogP contribution in [0, 0.1) is 31.4 Å². The molecule has 1 fully saturated rings. The van der Waals surface area contributed by atoms with Crippen molar-refractivity contribution in [2.45, 2.75) is 45.6 Å². The third kappa shape index (κ3) is 6.70. The molecule has 0 spiro atoms. The monoisotopic (exact) mass is 493 g/mol. The first-order valence-corrected chi connectivity index (χ1v) is 12.5. The number of ether oxygens (including phenoxy) is 1. The number of rotatable bonds is 11. The van der Waals surface area contributed by atoms with Gasteiger partial charge < -0.3 is 9.84 Å². The van der Waals surface area contributed by atoms with Gasteiger partial charge in [-0.25, -0.2) is 8.78 Å². The molecule has 0 aliphatic carbocycles. The number of hydrogen-bond donors (Lipinski definition) is 1. The van der Waals surface area contributed by atoms with Crippen molar-refractivity contribution in [3.63, 3.8) is 0 Å². The van der Waals surface area contributed by atoms with Gasteiger partial charge in [-0.1, -0.05) is 36.4 Å². The van der Waals surface area contributed by atoms with Gasteiger partial charge in [-0.3, -0.25) is 9.69 Å². The summed E-state index contributed by atoms with van der Waals surface area (Å²) in [4.78, 5) is 13.1. The molecule has 0 aromatic heterocycles. The Balaban J connectivity index is 1.31. The zero-order chi connectivity index (χ0) is 25.7. The van der Waals surface area contributed by atoms with E-state index in [4.69, 9.17) is 9.84 Å². The highest BCUT2D eigenvalue weighted by molar-refractivity contribution is 5.71. The van der Waals surface area contributed by atoms with E-state index in [1.807, 2.05) is 24.3 Å². The van der Waals surface area contributed by atoms with Crippen molar-refractivity contribution in [2.75, 3.05) is 19.7 Å². The minimum atomic E-state index is -0.728. The summed E-state index contributed by atoms with van der Waals surface area (Å²) in [6, 6.07) is 18.0. The average molecular weight is 494 g/mol. The number of hydrogen-bond acceptors (Lipinski definition) is 3. The molecule has 1 heterocycles. The lowest BCUT2D eigenvalue weighted by Gasteiger charge is -2.36. The fourth-order valence-corrected chi connectivity index (χ4v) is 4.74. The van der Waals surface area contributed by atoms with Gasteiger partial charge in [0.15, 0.2) is 0 Å². The summed E-state index contributed by atoms with van der Waals surface area (Å²) in [5.41, 5.74) is 5.21. The van der Waals surface area contributed by atoms with Crippen molar-refractivity contribution in [1.29, 1.82) is 0 Å². The predicted molar refractivity (Wildman–Crippen MR) is 136 cm³/mol. The number of aryl methyl sites for hydroxylation is 2. The minimum Gasteiger partial charge on any atom is -0.494 e. The largest absolute Gasteiger partial charge is 0.494 e. The number of nitrogens with zero attached hydrogens (tertiary/aromatic N) is 1. The lowest BCUT2D eigenvalue weighted by molar-refractivity contribution is -0.147. The molecule has 0 bridgehead atoms. The zero-order valence-electron chi connectivity index (χ0n) is 20.8. The molecule has 0 radical (unpaired) electrons. The number of carbonyl (C=O) groups is 1. The van der Waals surface area contributed by atoms with Crippen molar-refractivity contribution in [1.82, 2.24) is 4.90 Å². The summed E-state index contributed by atoms with van der Waals surface area (Å²) in [7, 11) is 0. The molecule has 6 heteroatoms. The molecule has 1 N–H and O–H groups in total. The molecule has 1 saturated heterocycles. The van der Waals surface area contributed by atoms with Gasteiger partial charge in [0.1, 0.15) is 17.4 Å². The first-order chi connectivity index (χ1) is 17.3. The predicted octanol–water partition coefficient (Wildman–Crippen LogP) is 6.28. The summed E-state index contributed by atoms with van der Waals surface area (Å²) in [6.45, 7) is 6.55. The number of carboxylic acid groups (broad SMARTS) is 1. The number of carboxylic acids is 1. The second kappa shape index (κ2) is 11.7. The number of halogens is 2. The van der Waals surface area contributed by atoms with Crippen LogP contribution in [0.3, 0.4) is 0 Å². The van der Waals surface area contributed by atoms with Gasteiger partial charge >= 0.3 is 5.97 Å². The number of benzene rings is 3. The van der Waals surface area contributed by atoms with Crippen LogP contribution in [0.2, 0.25) is 0 Å². The Morgan fingerprint density at radius 1 is 1.00 bits per heavy atom. The Hall–Kier alpha value is -3.25. The second-order valence-corrected chi connectivity index (χ2v) is 9.85. The minimum absolute atomic E-state index is 0.0789. The first-order valence-electron chi connectivity index (χ1n) is 12.5. The molecule has 3 aromatic rings. The standard InChI is InChI=1S/C30H33F2NO3/c1-20-5-6-23(14-21(20)2)15-24(28-12-9-26(31)16-29(28)32)4-3-13-36-27-10-7-22(8-11-27)17-33-18-25(19-33)30(34)35/h5-12,14,16,24-25H,3-4,13,15,17-19H2,1-2H3,(H,34,35). The third-order valence-corrected chi connectivity index (χ3v) is 7.06. The van der Waals surface area contributed by atoms with Gasteiger partial charge in [0, 0.05) is 25.7 Å². The Morgan fingerprint density at radius 2 is 1.72 bits per heavy atom. The zero-order valence-corrected chi connectivity index (χ0v) is 20.8. The first kappa shape index (κ1) is 25.8. The maximum atomic E-state index is 14.6. The van der Waals surface area contributed by atoms with Crippen molar-refractivity contribution in [3.05, 3.63) is 100 Å². The molecule has 190 valence electrons. The highest BCUT2D eigenvalue weighted by atomic mass is 19.1.